The van der Waals surface area contributed by atoms with Gasteiger partial charge in [-0.15, -0.1) is 0 Å². The van der Waals surface area contributed by atoms with Gasteiger partial charge in [0, 0.05) is 31.8 Å². The monoisotopic (exact) mass is 198 g/mol. The van der Waals surface area contributed by atoms with Crippen molar-refractivity contribution in [2.45, 2.75) is 32.4 Å². The van der Waals surface area contributed by atoms with Crippen molar-refractivity contribution in [1.29, 1.82) is 0 Å². The van der Waals surface area contributed by atoms with Crippen molar-refractivity contribution in [2.24, 2.45) is 5.92 Å². The zero-order valence-corrected chi connectivity index (χ0v) is 9.33. The summed E-state index contributed by atoms with van der Waals surface area (Å²) in [6, 6.07) is 1.53. The third-order valence-corrected chi connectivity index (χ3v) is 3.62. The van der Waals surface area contributed by atoms with Crippen LogP contribution in [-0.4, -0.2) is 49.8 Å². The molecule has 82 valence electrons. The Morgan fingerprint density at radius 2 is 2.21 bits per heavy atom. The molecule has 3 nitrogen and oxygen atoms in total. The number of hydrogen-bond acceptors (Lipinski definition) is 3. The fourth-order valence-corrected chi connectivity index (χ4v) is 2.63. The summed E-state index contributed by atoms with van der Waals surface area (Å²) >= 11 is 0. The maximum Gasteiger partial charge on any atom is 0.0506 e. The molecule has 2 rings (SSSR count). The lowest BCUT2D eigenvalue weighted by Crippen LogP contribution is -2.61. The van der Waals surface area contributed by atoms with Crippen LogP contribution in [0.5, 0.6) is 0 Å². The van der Waals surface area contributed by atoms with E-state index in [4.69, 9.17) is 4.74 Å². The molecule has 2 aliphatic heterocycles. The average Bonchev–Trinajstić information content (AvgIpc) is 2.12. The standard InChI is InChI=1S/C11H22N2O/c1-3-13(10-6-12-7-10)11-4-5-14-8-9(11)2/h9-12H,3-8H2,1-2H3. The van der Waals surface area contributed by atoms with Crippen molar-refractivity contribution >= 4 is 0 Å². The Kier molecular flexibility index (Phi) is 3.42. The highest BCUT2D eigenvalue weighted by Gasteiger charge is 2.33. The minimum atomic E-state index is 0.698. The van der Waals surface area contributed by atoms with Crippen LogP contribution in [0.3, 0.4) is 0 Å². The molecule has 2 aliphatic rings. The van der Waals surface area contributed by atoms with Crippen molar-refractivity contribution < 1.29 is 4.74 Å². The number of hydrogen-bond donors (Lipinski definition) is 1. The molecule has 0 radical (unpaired) electrons. The normalized spacial score (nSPS) is 34.5. The molecule has 0 spiro atoms. The van der Waals surface area contributed by atoms with Gasteiger partial charge in [-0.2, -0.15) is 0 Å². The van der Waals surface area contributed by atoms with Gasteiger partial charge in [-0.25, -0.2) is 0 Å². The van der Waals surface area contributed by atoms with Crippen LogP contribution in [-0.2, 0) is 4.74 Å². The Balaban J connectivity index is 1.94. The van der Waals surface area contributed by atoms with E-state index >= 15 is 0 Å². The highest BCUT2D eigenvalue weighted by atomic mass is 16.5. The lowest BCUT2D eigenvalue weighted by molar-refractivity contribution is -0.0272. The molecule has 2 atom stereocenters. The van der Waals surface area contributed by atoms with Crippen molar-refractivity contribution in [3.05, 3.63) is 0 Å². The molecule has 0 aliphatic carbocycles. The Morgan fingerprint density at radius 1 is 1.43 bits per heavy atom. The fourth-order valence-electron chi connectivity index (χ4n) is 2.63. The lowest BCUT2D eigenvalue weighted by Gasteiger charge is -2.46. The van der Waals surface area contributed by atoms with Crippen LogP contribution in [0.25, 0.3) is 0 Å². The molecule has 3 heteroatoms. The van der Waals surface area contributed by atoms with Crippen LogP contribution in [0.1, 0.15) is 20.3 Å². The summed E-state index contributed by atoms with van der Waals surface area (Å²) in [5.41, 5.74) is 0. The summed E-state index contributed by atoms with van der Waals surface area (Å²) in [5, 5.41) is 3.36. The van der Waals surface area contributed by atoms with Gasteiger partial charge < -0.3 is 10.1 Å². The number of ether oxygens (including phenoxy) is 1. The van der Waals surface area contributed by atoms with E-state index in [9.17, 15) is 0 Å². The van der Waals surface area contributed by atoms with E-state index in [0.29, 0.717) is 5.92 Å². The molecule has 0 saturated carbocycles. The second-order valence-corrected chi connectivity index (χ2v) is 4.55. The molecule has 0 aromatic carbocycles. The average molecular weight is 198 g/mol. The van der Waals surface area contributed by atoms with Gasteiger partial charge in [0.05, 0.1) is 6.61 Å². The summed E-state index contributed by atoms with van der Waals surface area (Å²) < 4.78 is 5.50. The predicted molar refractivity (Wildman–Crippen MR) is 57.4 cm³/mol. The van der Waals surface area contributed by atoms with Gasteiger partial charge in [-0.3, -0.25) is 4.90 Å². The molecule has 2 fully saturated rings. The SMILES string of the molecule is CCN(C1CNC1)C1CCOCC1C. The first-order valence-corrected chi connectivity index (χ1v) is 5.87. The number of nitrogens with zero attached hydrogens (tertiary/aromatic N) is 1. The molecule has 0 aromatic rings. The van der Waals surface area contributed by atoms with Crippen LogP contribution >= 0.6 is 0 Å². The predicted octanol–water partition coefficient (Wildman–Crippen LogP) is 0.705. The quantitative estimate of drug-likeness (QED) is 0.722. The first kappa shape index (κ1) is 10.4. The second-order valence-electron chi connectivity index (χ2n) is 4.55. The maximum absolute atomic E-state index is 5.50. The van der Waals surface area contributed by atoms with Gasteiger partial charge in [0.1, 0.15) is 0 Å². The van der Waals surface area contributed by atoms with Crippen molar-refractivity contribution in [1.82, 2.24) is 10.2 Å². The fraction of sp³-hybridized carbons (Fsp3) is 1.00. The molecule has 2 saturated heterocycles. The van der Waals surface area contributed by atoms with Crippen LogP contribution in [0.4, 0.5) is 0 Å². The van der Waals surface area contributed by atoms with E-state index in [0.717, 1.165) is 25.3 Å². The highest BCUT2D eigenvalue weighted by Crippen LogP contribution is 2.23. The molecule has 1 N–H and O–H groups in total. The summed E-state index contributed by atoms with van der Waals surface area (Å²) in [5.74, 6) is 0.698. The van der Waals surface area contributed by atoms with E-state index < -0.39 is 0 Å². The Hall–Kier alpha value is -0.120. The largest absolute Gasteiger partial charge is 0.381 e. The van der Waals surface area contributed by atoms with Gasteiger partial charge in [0.15, 0.2) is 0 Å². The van der Waals surface area contributed by atoms with Gasteiger partial charge in [0.25, 0.3) is 0 Å². The zero-order chi connectivity index (χ0) is 9.97. The molecule has 2 heterocycles. The van der Waals surface area contributed by atoms with Crippen molar-refractivity contribution in [3.63, 3.8) is 0 Å². The zero-order valence-electron chi connectivity index (χ0n) is 9.33. The van der Waals surface area contributed by atoms with Crippen LogP contribution in [0.15, 0.2) is 0 Å². The van der Waals surface area contributed by atoms with E-state index in [1.165, 1.54) is 26.1 Å². The van der Waals surface area contributed by atoms with Gasteiger partial charge >= 0.3 is 0 Å². The van der Waals surface area contributed by atoms with E-state index in [-0.39, 0.29) is 0 Å². The summed E-state index contributed by atoms with van der Waals surface area (Å²) in [6.45, 7) is 10.0. The van der Waals surface area contributed by atoms with Crippen LogP contribution < -0.4 is 5.32 Å². The van der Waals surface area contributed by atoms with E-state index in [1.54, 1.807) is 0 Å². The molecule has 2 unspecified atom stereocenters. The Morgan fingerprint density at radius 3 is 2.71 bits per heavy atom. The molecule has 0 amide bonds. The summed E-state index contributed by atoms with van der Waals surface area (Å²) in [4.78, 5) is 2.67. The first-order valence-electron chi connectivity index (χ1n) is 5.87. The van der Waals surface area contributed by atoms with Crippen LogP contribution in [0.2, 0.25) is 0 Å². The Labute approximate surface area is 86.8 Å². The van der Waals surface area contributed by atoms with Gasteiger partial charge in [-0.1, -0.05) is 13.8 Å². The molecule has 0 aromatic heterocycles. The maximum atomic E-state index is 5.50. The molecule has 0 bridgehead atoms. The molecule has 14 heavy (non-hydrogen) atoms. The van der Waals surface area contributed by atoms with Crippen LogP contribution in [0, 0.1) is 5.92 Å². The summed E-state index contributed by atoms with van der Waals surface area (Å²) in [6.07, 6.45) is 1.21. The third-order valence-electron chi connectivity index (χ3n) is 3.62. The minimum Gasteiger partial charge on any atom is -0.381 e. The number of likely N-dealkylation sites (N-methyl/N-ethyl adjacent to an activating group) is 1. The molecular formula is C11H22N2O. The van der Waals surface area contributed by atoms with Crippen molar-refractivity contribution in [3.8, 4) is 0 Å². The number of rotatable bonds is 3. The highest BCUT2D eigenvalue weighted by molar-refractivity contribution is 4.90. The van der Waals surface area contributed by atoms with E-state index in [2.05, 4.69) is 24.1 Å². The topological polar surface area (TPSA) is 24.5 Å². The van der Waals surface area contributed by atoms with Crippen molar-refractivity contribution in [2.75, 3.05) is 32.8 Å². The first-order chi connectivity index (χ1) is 6.83. The third kappa shape index (κ3) is 1.95. The second kappa shape index (κ2) is 4.60. The smallest absolute Gasteiger partial charge is 0.0506 e. The lowest BCUT2D eigenvalue weighted by atomic mass is 9.93. The van der Waals surface area contributed by atoms with E-state index in [1.807, 2.05) is 0 Å². The summed E-state index contributed by atoms with van der Waals surface area (Å²) in [7, 11) is 0. The number of nitrogens with one attached hydrogen (secondary N) is 1. The molecular weight excluding hydrogens is 176 g/mol. The van der Waals surface area contributed by atoms with Gasteiger partial charge in [-0.05, 0) is 18.9 Å². The minimum absolute atomic E-state index is 0.698. The Bertz CT molecular complexity index is 180. The van der Waals surface area contributed by atoms with Gasteiger partial charge in [0.2, 0.25) is 0 Å².